The van der Waals surface area contributed by atoms with E-state index < -0.39 is 12.1 Å². The third kappa shape index (κ3) is 3.87. The van der Waals surface area contributed by atoms with Crippen LogP contribution in [0.5, 0.6) is 5.75 Å². The van der Waals surface area contributed by atoms with Crippen LogP contribution in [-0.2, 0) is 0 Å². The minimum atomic E-state index is -0.583. The predicted octanol–water partition coefficient (Wildman–Crippen LogP) is 5.15. The Morgan fingerprint density at radius 1 is 0.939 bits per heavy atom. The summed E-state index contributed by atoms with van der Waals surface area (Å²) in [7, 11) is 0. The number of rotatable bonds is 5. The van der Waals surface area contributed by atoms with Crippen LogP contribution in [0.15, 0.2) is 91.0 Å². The van der Waals surface area contributed by atoms with Crippen molar-refractivity contribution in [2.75, 3.05) is 11.9 Å². The van der Waals surface area contributed by atoms with Crippen molar-refractivity contribution < 1.29 is 14.3 Å². The van der Waals surface area contributed by atoms with E-state index in [1.807, 2.05) is 67.6 Å². The maximum atomic E-state index is 13.5. The Balaban J connectivity index is 1.55. The van der Waals surface area contributed by atoms with E-state index in [0.717, 1.165) is 22.0 Å². The van der Waals surface area contributed by atoms with Crippen LogP contribution in [0.2, 0.25) is 0 Å². The number of anilines is 1. The van der Waals surface area contributed by atoms with Crippen LogP contribution < -0.4 is 15.5 Å². The number of carbonyl (C=O) groups is 2. The van der Waals surface area contributed by atoms with E-state index in [2.05, 4.69) is 10.7 Å². The molecule has 0 aromatic heterocycles. The Hall–Kier alpha value is -4.32. The summed E-state index contributed by atoms with van der Waals surface area (Å²) in [6.45, 7) is 2.29. The number of para-hydroxylation sites is 2. The molecule has 6 nitrogen and oxygen atoms in total. The van der Waals surface area contributed by atoms with Gasteiger partial charge in [-0.2, -0.15) is 0 Å². The lowest BCUT2D eigenvalue weighted by atomic mass is 10.0. The highest BCUT2D eigenvalue weighted by Crippen LogP contribution is 2.33. The highest BCUT2D eigenvalue weighted by Gasteiger charge is 2.34. The number of nitrogens with one attached hydrogen (secondary N) is 2. The summed E-state index contributed by atoms with van der Waals surface area (Å²) in [6, 6.07) is 28.3. The summed E-state index contributed by atoms with van der Waals surface area (Å²) in [5, 5.41) is 6.93. The number of ether oxygens (including phenoxy) is 1. The standard InChI is InChI=1S/C27H23N3O3/c1-2-33-24-14-8-6-12-22(24)26(31)29-30-25(28-23-13-7-5-11-21(23)27(30)32)20-16-15-18-9-3-4-10-19(18)17-20/h3-17,25,28H,2H2,1H3,(H,29,31)/t25-/m1/s1. The number of hydrogen-bond acceptors (Lipinski definition) is 4. The molecule has 33 heavy (non-hydrogen) atoms. The number of amides is 2. The Bertz CT molecular complexity index is 1350. The van der Waals surface area contributed by atoms with Crippen molar-refractivity contribution in [3.63, 3.8) is 0 Å². The van der Waals surface area contributed by atoms with Gasteiger partial charge in [0, 0.05) is 5.69 Å². The maximum absolute atomic E-state index is 13.5. The van der Waals surface area contributed by atoms with E-state index in [9.17, 15) is 9.59 Å². The molecule has 2 amide bonds. The van der Waals surface area contributed by atoms with Crippen LogP contribution in [-0.4, -0.2) is 23.4 Å². The molecule has 0 aliphatic carbocycles. The number of nitrogens with zero attached hydrogens (tertiary/aromatic N) is 1. The molecule has 4 aromatic rings. The van der Waals surface area contributed by atoms with Gasteiger partial charge < -0.3 is 10.1 Å². The fraction of sp³-hybridized carbons (Fsp3) is 0.111. The van der Waals surface area contributed by atoms with Crippen LogP contribution >= 0.6 is 0 Å². The quantitative estimate of drug-likeness (QED) is 0.453. The molecule has 5 rings (SSSR count). The van der Waals surface area contributed by atoms with Gasteiger partial charge in [0.25, 0.3) is 11.8 Å². The molecule has 164 valence electrons. The highest BCUT2D eigenvalue weighted by atomic mass is 16.5. The SMILES string of the molecule is CCOc1ccccc1C(=O)NN1C(=O)c2ccccc2N[C@H]1c1ccc2ccccc2c1. The van der Waals surface area contributed by atoms with Gasteiger partial charge in [-0.05, 0) is 53.6 Å². The highest BCUT2D eigenvalue weighted by molar-refractivity contribution is 6.04. The first kappa shape index (κ1) is 20.6. The van der Waals surface area contributed by atoms with Crippen LogP contribution in [0.1, 0.15) is 39.4 Å². The first-order valence-corrected chi connectivity index (χ1v) is 10.9. The molecule has 1 atom stereocenters. The van der Waals surface area contributed by atoms with Crippen molar-refractivity contribution in [3.8, 4) is 5.75 Å². The second kappa shape index (κ2) is 8.67. The fourth-order valence-electron chi connectivity index (χ4n) is 4.09. The molecule has 1 heterocycles. The molecule has 1 aliphatic rings. The van der Waals surface area contributed by atoms with Crippen LogP contribution in [0, 0.1) is 0 Å². The minimum Gasteiger partial charge on any atom is -0.493 e. The van der Waals surface area contributed by atoms with Crippen molar-refractivity contribution in [1.29, 1.82) is 0 Å². The van der Waals surface area contributed by atoms with E-state index in [0.29, 0.717) is 23.5 Å². The van der Waals surface area contributed by atoms with Gasteiger partial charge in [0.2, 0.25) is 0 Å². The summed E-state index contributed by atoms with van der Waals surface area (Å²) >= 11 is 0. The van der Waals surface area contributed by atoms with Gasteiger partial charge in [0.05, 0.1) is 17.7 Å². The molecule has 0 unspecified atom stereocenters. The molecule has 1 aliphatic heterocycles. The largest absolute Gasteiger partial charge is 0.493 e. The number of fused-ring (bicyclic) bond motifs is 2. The minimum absolute atomic E-state index is 0.287. The summed E-state index contributed by atoms with van der Waals surface area (Å²) < 4.78 is 5.61. The predicted molar refractivity (Wildman–Crippen MR) is 128 cm³/mol. The Labute approximate surface area is 191 Å². The summed E-state index contributed by atoms with van der Waals surface area (Å²) in [4.78, 5) is 26.7. The normalized spacial score (nSPS) is 15.0. The molecule has 6 heteroatoms. The average molecular weight is 437 g/mol. The zero-order valence-corrected chi connectivity index (χ0v) is 18.1. The molecule has 0 fully saturated rings. The molecule has 2 N–H and O–H groups in total. The first-order valence-electron chi connectivity index (χ1n) is 10.9. The van der Waals surface area contributed by atoms with E-state index in [1.54, 1.807) is 30.3 Å². The van der Waals surface area contributed by atoms with Crippen molar-refractivity contribution in [3.05, 3.63) is 108 Å². The Morgan fingerprint density at radius 2 is 1.67 bits per heavy atom. The number of hydrazine groups is 1. The smallest absolute Gasteiger partial charge is 0.276 e. The van der Waals surface area contributed by atoms with Crippen molar-refractivity contribution >= 4 is 28.3 Å². The van der Waals surface area contributed by atoms with E-state index in [-0.39, 0.29) is 5.91 Å². The van der Waals surface area contributed by atoms with Gasteiger partial charge in [-0.3, -0.25) is 15.0 Å². The second-order valence-corrected chi connectivity index (χ2v) is 7.74. The summed E-state index contributed by atoms with van der Waals surface area (Å²) in [5.41, 5.74) is 5.26. The topological polar surface area (TPSA) is 70.7 Å². The summed E-state index contributed by atoms with van der Waals surface area (Å²) in [6.07, 6.45) is -0.583. The Morgan fingerprint density at radius 3 is 2.52 bits per heavy atom. The molecule has 0 spiro atoms. The zero-order chi connectivity index (χ0) is 22.8. The van der Waals surface area contributed by atoms with Gasteiger partial charge >= 0.3 is 0 Å². The zero-order valence-electron chi connectivity index (χ0n) is 18.1. The van der Waals surface area contributed by atoms with Crippen LogP contribution in [0.3, 0.4) is 0 Å². The van der Waals surface area contributed by atoms with Crippen molar-refractivity contribution in [2.45, 2.75) is 13.1 Å². The third-order valence-corrected chi connectivity index (χ3v) is 5.67. The monoisotopic (exact) mass is 437 g/mol. The van der Waals surface area contributed by atoms with Gasteiger partial charge in [-0.1, -0.05) is 60.7 Å². The number of benzene rings is 4. The van der Waals surface area contributed by atoms with Gasteiger partial charge in [-0.25, -0.2) is 5.01 Å². The van der Waals surface area contributed by atoms with Gasteiger partial charge in [-0.15, -0.1) is 0 Å². The third-order valence-electron chi connectivity index (χ3n) is 5.67. The molecule has 0 radical (unpaired) electrons. The van der Waals surface area contributed by atoms with Crippen LogP contribution in [0.4, 0.5) is 5.69 Å². The molecule has 0 saturated carbocycles. The molecular weight excluding hydrogens is 414 g/mol. The van der Waals surface area contributed by atoms with Gasteiger partial charge in [0.1, 0.15) is 11.9 Å². The van der Waals surface area contributed by atoms with Crippen molar-refractivity contribution in [2.24, 2.45) is 0 Å². The Kier molecular flexibility index (Phi) is 5.40. The first-order chi connectivity index (χ1) is 16.2. The van der Waals surface area contributed by atoms with Gasteiger partial charge in [0.15, 0.2) is 0 Å². The lowest BCUT2D eigenvalue weighted by Gasteiger charge is -2.38. The molecule has 0 saturated heterocycles. The fourth-order valence-corrected chi connectivity index (χ4v) is 4.09. The average Bonchev–Trinajstić information content (AvgIpc) is 2.86. The second-order valence-electron chi connectivity index (χ2n) is 7.74. The van der Waals surface area contributed by atoms with E-state index >= 15 is 0 Å². The summed E-state index contributed by atoms with van der Waals surface area (Å²) in [5.74, 6) is -0.235. The van der Waals surface area contributed by atoms with Crippen molar-refractivity contribution in [1.82, 2.24) is 10.4 Å². The number of carbonyl (C=O) groups excluding carboxylic acids is 2. The lowest BCUT2D eigenvalue weighted by molar-refractivity contribution is 0.0489. The van der Waals surface area contributed by atoms with E-state index in [4.69, 9.17) is 4.74 Å². The number of hydrogen-bond donors (Lipinski definition) is 2. The molecule has 0 bridgehead atoms. The van der Waals surface area contributed by atoms with Crippen LogP contribution in [0.25, 0.3) is 10.8 Å². The molecular formula is C27H23N3O3. The molecule has 4 aromatic carbocycles. The lowest BCUT2D eigenvalue weighted by Crippen LogP contribution is -2.52. The van der Waals surface area contributed by atoms with E-state index in [1.165, 1.54) is 5.01 Å². The maximum Gasteiger partial charge on any atom is 0.276 e.